The third kappa shape index (κ3) is 8.91. The van der Waals surface area contributed by atoms with Crippen LogP contribution in [0, 0.1) is 40.4 Å². The normalized spacial score (nSPS) is 0. The van der Waals surface area contributed by atoms with E-state index in [0.29, 0.717) is 0 Å². The summed E-state index contributed by atoms with van der Waals surface area (Å²) in [5, 5.41) is 0. The molecule has 0 atom stereocenters. The molecule has 0 unspecified atom stereocenters. The van der Waals surface area contributed by atoms with Gasteiger partial charge in [0.05, 0.1) is 0 Å². The zero-order valence-electron chi connectivity index (χ0n) is 1.72. The first-order valence-electron chi connectivity index (χ1n) is 0. The predicted octanol–water partition coefficient (Wildman–Crippen LogP) is -0.240. The molecule has 1 radical (unpaired) electrons. The Morgan fingerprint density at radius 2 is 0.750 bits per heavy atom. The maximum absolute atomic E-state index is 0. The second kappa shape index (κ2) is 19.2. The minimum absolute atomic E-state index is 0. The van der Waals surface area contributed by atoms with Crippen molar-refractivity contribution in [3.05, 3.63) is 0 Å². The summed E-state index contributed by atoms with van der Waals surface area (Å²) in [5.74, 6) is 0. The van der Waals surface area contributed by atoms with Crippen molar-refractivity contribution >= 4 is 0 Å². The number of hydrogen-bond donors (Lipinski definition) is 0. The summed E-state index contributed by atoms with van der Waals surface area (Å²) in [7, 11) is 0. The van der Waals surface area contributed by atoms with Crippen LogP contribution in [0.2, 0.25) is 0 Å². The van der Waals surface area contributed by atoms with Crippen LogP contribution in [0.5, 0.6) is 0 Å². The van der Waals surface area contributed by atoms with E-state index in [9.17, 15) is 0 Å². The largest absolute Gasteiger partial charge is 4.00 e. The second-order valence-corrected chi connectivity index (χ2v) is 0. The predicted molar refractivity (Wildman–Crippen MR) is 1.37 cm³/mol. The minimum atomic E-state index is 0. The Bertz CT molecular complexity index is 6.00. The van der Waals surface area contributed by atoms with E-state index in [2.05, 4.69) is 0 Å². The quantitative estimate of drug-likeness (QED) is 0.585. The van der Waals surface area contributed by atoms with Crippen LogP contribution in [-0.4, -0.2) is 0 Å². The van der Waals surface area contributed by atoms with E-state index < -0.39 is 0 Å². The van der Waals surface area contributed by atoms with Crippen LogP contribution < -0.4 is 0 Å². The maximum Gasteiger partial charge on any atom is 4.00 e. The fourth-order valence-electron chi connectivity index (χ4n) is 0. The molecule has 4 heteroatoms. The maximum atomic E-state index is 0. The fraction of sp³-hybridized carbons (Fsp3) is 0. The van der Waals surface area contributed by atoms with E-state index in [0.717, 1.165) is 0 Å². The molecule has 0 heterocycles. The van der Waals surface area contributed by atoms with E-state index in [-0.39, 0.29) is 77.5 Å². The van der Waals surface area contributed by atoms with E-state index >= 15 is 0 Å². The molecule has 4 heavy (non-hydrogen) atoms. The second-order valence-electron chi connectivity index (χ2n) is 0. The van der Waals surface area contributed by atoms with Gasteiger partial charge in [-0.15, -0.1) is 0 Å². The zero-order chi connectivity index (χ0) is 0. The smallest absolute Gasteiger partial charge is 2.00 e. The first-order chi connectivity index (χ1) is 0. The molecule has 0 amide bonds. The first kappa shape index (κ1) is 35.4. The van der Waals surface area contributed by atoms with Gasteiger partial charge in [0.25, 0.3) is 0 Å². The molecule has 0 aliphatic carbocycles. The van der Waals surface area contributed by atoms with Crippen LogP contribution in [-0.2, 0) is 37.2 Å². The van der Waals surface area contributed by atoms with E-state index in [1.165, 1.54) is 0 Å². The Balaban J connectivity index is 0. The third-order valence-electron chi connectivity index (χ3n) is 0. The van der Waals surface area contributed by atoms with Crippen LogP contribution in [0.1, 0.15) is 0 Å². The van der Waals surface area contributed by atoms with E-state index in [4.69, 9.17) is 0 Å². The molecule has 0 aromatic rings. The third-order valence-corrected chi connectivity index (χ3v) is 0. The molecule has 0 aliphatic heterocycles. The van der Waals surface area contributed by atoms with Crippen LogP contribution in [0.4, 0.5) is 0 Å². The molecule has 0 aromatic heterocycles. The summed E-state index contributed by atoms with van der Waals surface area (Å²) in [6, 6.07) is 0. The van der Waals surface area contributed by atoms with Crippen molar-refractivity contribution < 1.29 is 77.5 Å². The molecule has 0 spiro atoms. The summed E-state index contributed by atoms with van der Waals surface area (Å²) < 4.78 is 0. The molecule has 0 aromatic carbocycles. The SMILES string of the molecule is [O-2].[O-2].[Sm+3].[Zr+4]. The van der Waals surface area contributed by atoms with E-state index in [1.54, 1.807) is 0 Å². The molecule has 0 rings (SSSR count). The zero-order valence-corrected chi connectivity index (χ0v) is 6.80. The van der Waals surface area contributed by atoms with Gasteiger partial charge in [-0.2, -0.15) is 0 Å². The van der Waals surface area contributed by atoms with Gasteiger partial charge in [0.15, 0.2) is 0 Å². The molecule has 0 fully saturated rings. The van der Waals surface area contributed by atoms with Crippen LogP contribution in [0.15, 0.2) is 0 Å². The molecule has 0 N–H and O–H groups in total. The molecular weight excluding hydrogens is 274 g/mol. The van der Waals surface area contributed by atoms with Crippen molar-refractivity contribution in [2.24, 2.45) is 0 Å². The first-order valence-corrected chi connectivity index (χ1v) is 0. The fourth-order valence-corrected chi connectivity index (χ4v) is 0. The molecule has 2 nitrogen and oxygen atoms in total. The van der Waals surface area contributed by atoms with Gasteiger partial charge in [-0.1, -0.05) is 0 Å². The average molecular weight is 274 g/mol. The van der Waals surface area contributed by atoms with Gasteiger partial charge in [0, 0.05) is 0 Å². The van der Waals surface area contributed by atoms with Crippen molar-refractivity contribution in [1.29, 1.82) is 0 Å². The summed E-state index contributed by atoms with van der Waals surface area (Å²) in [6.07, 6.45) is 0. The topological polar surface area (TPSA) is 57.0 Å². The standard InChI is InChI=1S/2O.Sm.Zr/q2*-2;+3;+4. The molecular formula is O2SmZr+3. The minimum Gasteiger partial charge on any atom is -2.00 e. The van der Waals surface area contributed by atoms with Crippen molar-refractivity contribution in [3.63, 3.8) is 0 Å². The number of hydrogen-bond acceptors (Lipinski definition) is 0. The number of rotatable bonds is 0. The Kier molecular flexibility index (Phi) is 170. The van der Waals surface area contributed by atoms with Gasteiger partial charge in [-0.3, -0.25) is 0 Å². The summed E-state index contributed by atoms with van der Waals surface area (Å²) in [5.41, 5.74) is 0. The average Bonchev–Trinajstić information content (AvgIpc) is 0. The molecule has 19 valence electrons. The van der Waals surface area contributed by atoms with Gasteiger partial charge in [-0.25, -0.2) is 0 Å². The van der Waals surface area contributed by atoms with Crippen LogP contribution >= 0.6 is 0 Å². The molecule has 0 bridgehead atoms. The monoisotopic (exact) mass is 274 g/mol. The van der Waals surface area contributed by atoms with Crippen molar-refractivity contribution in [1.82, 2.24) is 0 Å². The molecule has 0 aliphatic rings. The summed E-state index contributed by atoms with van der Waals surface area (Å²) in [4.78, 5) is 0. The Hall–Kier alpha value is 2.14. The van der Waals surface area contributed by atoms with Gasteiger partial charge >= 0.3 is 66.6 Å². The van der Waals surface area contributed by atoms with Crippen molar-refractivity contribution in [3.8, 4) is 0 Å². The molecule has 0 saturated heterocycles. The van der Waals surface area contributed by atoms with Gasteiger partial charge in [0.1, 0.15) is 0 Å². The van der Waals surface area contributed by atoms with Crippen LogP contribution in [0.3, 0.4) is 0 Å². The van der Waals surface area contributed by atoms with Crippen molar-refractivity contribution in [2.75, 3.05) is 0 Å². The van der Waals surface area contributed by atoms with Gasteiger partial charge in [0.2, 0.25) is 0 Å². The Morgan fingerprint density at radius 1 is 0.750 bits per heavy atom. The van der Waals surface area contributed by atoms with E-state index in [1.807, 2.05) is 0 Å². The molecule has 0 saturated carbocycles. The van der Waals surface area contributed by atoms with Crippen LogP contribution in [0.25, 0.3) is 0 Å². The Labute approximate surface area is 76.2 Å². The van der Waals surface area contributed by atoms with Gasteiger partial charge < -0.3 is 11.0 Å². The van der Waals surface area contributed by atoms with Gasteiger partial charge in [-0.05, 0) is 0 Å². The van der Waals surface area contributed by atoms with Crippen molar-refractivity contribution in [2.45, 2.75) is 0 Å². The Morgan fingerprint density at radius 3 is 0.750 bits per heavy atom. The summed E-state index contributed by atoms with van der Waals surface area (Å²) >= 11 is 0. The summed E-state index contributed by atoms with van der Waals surface area (Å²) in [6.45, 7) is 0.